The lowest BCUT2D eigenvalue weighted by atomic mass is 9.97. The van der Waals surface area contributed by atoms with E-state index in [0.717, 1.165) is 41.9 Å². The quantitative estimate of drug-likeness (QED) is 0.719. The normalized spacial score (nSPS) is 18.8. The molecule has 1 fully saturated rings. The number of methoxy groups -OCH3 is 2. The minimum Gasteiger partial charge on any atom is -0.494 e. The van der Waals surface area contributed by atoms with Gasteiger partial charge in [-0.3, -0.25) is 4.90 Å². The van der Waals surface area contributed by atoms with Crippen LogP contribution in [0.25, 0.3) is 10.9 Å². The van der Waals surface area contributed by atoms with Gasteiger partial charge in [-0.25, -0.2) is 4.98 Å². The molecule has 0 unspecified atom stereocenters. The van der Waals surface area contributed by atoms with Crippen LogP contribution in [0.2, 0.25) is 0 Å². The van der Waals surface area contributed by atoms with Gasteiger partial charge in [0.25, 0.3) is 0 Å². The van der Waals surface area contributed by atoms with Gasteiger partial charge in [-0.2, -0.15) is 0 Å². The molecule has 1 aliphatic heterocycles. The van der Waals surface area contributed by atoms with Gasteiger partial charge in [-0.15, -0.1) is 0 Å². The molecule has 1 aliphatic rings. The topological polar surface area (TPSA) is 34.6 Å². The number of fused-ring (bicyclic) bond motifs is 1. The van der Waals surface area contributed by atoms with E-state index >= 15 is 0 Å². The van der Waals surface area contributed by atoms with Gasteiger partial charge in [-0.05, 0) is 44.4 Å². The Kier molecular flexibility index (Phi) is 6.05. The Balaban J connectivity index is 1.74. The highest BCUT2D eigenvalue weighted by molar-refractivity contribution is 5.84. The molecule has 0 amide bonds. The second-order valence-corrected chi connectivity index (χ2v) is 6.59. The van der Waals surface area contributed by atoms with Gasteiger partial charge in [0, 0.05) is 31.7 Å². The number of hydrogen-bond donors (Lipinski definition) is 0. The van der Waals surface area contributed by atoms with Gasteiger partial charge in [0.1, 0.15) is 11.3 Å². The van der Waals surface area contributed by atoms with E-state index in [4.69, 9.17) is 14.5 Å². The third kappa shape index (κ3) is 4.05. The van der Waals surface area contributed by atoms with Gasteiger partial charge < -0.3 is 9.47 Å². The van der Waals surface area contributed by atoms with Crippen LogP contribution in [0, 0.1) is 0 Å². The van der Waals surface area contributed by atoms with Crippen LogP contribution in [0.15, 0.2) is 30.3 Å². The van der Waals surface area contributed by atoms with Crippen LogP contribution in [-0.2, 0) is 11.3 Å². The van der Waals surface area contributed by atoms with E-state index in [1.54, 1.807) is 14.2 Å². The maximum absolute atomic E-state index is 5.47. The summed E-state index contributed by atoms with van der Waals surface area (Å²) in [6, 6.07) is 11.0. The number of likely N-dealkylation sites (tertiary alicyclic amines) is 1. The molecule has 2 heterocycles. The zero-order chi connectivity index (χ0) is 16.8. The van der Waals surface area contributed by atoms with Crippen molar-refractivity contribution in [2.75, 3.05) is 27.4 Å². The van der Waals surface area contributed by atoms with Gasteiger partial charge in [0.2, 0.25) is 0 Å². The molecule has 1 saturated heterocycles. The van der Waals surface area contributed by atoms with Crippen molar-refractivity contribution in [1.82, 2.24) is 9.88 Å². The van der Waals surface area contributed by atoms with Crippen molar-refractivity contribution in [3.63, 3.8) is 0 Å². The number of hydrogen-bond acceptors (Lipinski definition) is 4. The van der Waals surface area contributed by atoms with Crippen molar-refractivity contribution in [2.45, 2.75) is 44.7 Å². The molecular weight excluding hydrogens is 300 g/mol. The molecule has 24 heavy (non-hydrogen) atoms. The lowest BCUT2D eigenvalue weighted by Crippen LogP contribution is -2.39. The van der Waals surface area contributed by atoms with E-state index in [2.05, 4.69) is 23.1 Å². The van der Waals surface area contributed by atoms with Crippen LogP contribution >= 0.6 is 0 Å². The largest absolute Gasteiger partial charge is 0.494 e. The van der Waals surface area contributed by atoms with Crippen molar-refractivity contribution in [3.8, 4) is 5.75 Å². The smallest absolute Gasteiger partial charge is 0.145 e. The van der Waals surface area contributed by atoms with Gasteiger partial charge in [-0.1, -0.05) is 24.6 Å². The Bertz CT molecular complexity index is 659. The van der Waals surface area contributed by atoms with Crippen molar-refractivity contribution in [2.24, 2.45) is 0 Å². The number of benzene rings is 1. The molecule has 1 aromatic carbocycles. The number of piperidine rings is 1. The summed E-state index contributed by atoms with van der Waals surface area (Å²) in [4.78, 5) is 7.48. The molecule has 4 nitrogen and oxygen atoms in total. The molecule has 1 aromatic heterocycles. The summed E-state index contributed by atoms with van der Waals surface area (Å²) in [6.07, 6.45) is 6.27. The van der Waals surface area contributed by atoms with Crippen molar-refractivity contribution in [3.05, 3.63) is 36.0 Å². The molecule has 0 spiro atoms. The fraction of sp³-hybridized carbons (Fsp3) is 0.550. The zero-order valence-electron chi connectivity index (χ0n) is 14.8. The third-order valence-electron chi connectivity index (χ3n) is 4.96. The van der Waals surface area contributed by atoms with Gasteiger partial charge >= 0.3 is 0 Å². The Morgan fingerprint density at radius 3 is 2.92 bits per heavy atom. The summed E-state index contributed by atoms with van der Waals surface area (Å²) in [7, 11) is 3.49. The second kappa shape index (κ2) is 8.45. The lowest BCUT2D eigenvalue weighted by molar-refractivity contribution is 0.115. The van der Waals surface area contributed by atoms with E-state index in [0.29, 0.717) is 6.04 Å². The van der Waals surface area contributed by atoms with Gasteiger partial charge in [0.15, 0.2) is 0 Å². The molecule has 4 heteroatoms. The number of para-hydroxylation sites is 1. The van der Waals surface area contributed by atoms with E-state index in [-0.39, 0.29) is 0 Å². The third-order valence-corrected chi connectivity index (χ3v) is 4.96. The SMILES string of the molecule is COCCC[C@H]1CCCCN1Cc1ccc2cccc(OC)c2n1. The summed E-state index contributed by atoms with van der Waals surface area (Å²) in [5, 5.41) is 1.13. The summed E-state index contributed by atoms with van der Waals surface area (Å²) in [5.74, 6) is 0.852. The maximum Gasteiger partial charge on any atom is 0.145 e. The van der Waals surface area contributed by atoms with Crippen LogP contribution in [0.5, 0.6) is 5.75 Å². The summed E-state index contributed by atoms with van der Waals surface area (Å²) >= 11 is 0. The number of rotatable bonds is 7. The first-order chi connectivity index (χ1) is 11.8. The molecular formula is C20H28N2O2. The second-order valence-electron chi connectivity index (χ2n) is 6.59. The van der Waals surface area contributed by atoms with Crippen LogP contribution in [0.1, 0.15) is 37.8 Å². The first-order valence-electron chi connectivity index (χ1n) is 8.97. The number of aromatic nitrogens is 1. The van der Waals surface area contributed by atoms with Crippen LogP contribution in [-0.4, -0.2) is 43.3 Å². The standard InChI is InChI=1S/C20H28N2O2/c1-23-14-6-9-18-8-3-4-13-22(18)15-17-12-11-16-7-5-10-19(24-2)20(16)21-17/h5,7,10-12,18H,3-4,6,8-9,13-15H2,1-2H3/t18-/m1/s1. The number of ether oxygens (including phenoxy) is 2. The van der Waals surface area contributed by atoms with E-state index < -0.39 is 0 Å². The zero-order valence-corrected chi connectivity index (χ0v) is 14.8. The van der Waals surface area contributed by atoms with Crippen molar-refractivity contribution in [1.29, 1.82) is 0 Å². The predicted octanol–water partition coefficient (Wildman–Crippen LogP) is 4.02. The molecule has 0 bridgehead atoms. The van der Waals surface area contributed by atoms with E-state index in [1.807, 2.05) is 12.1 Å². The fourth-order valence-corrected chi connectivity index (χ4v) is 3.68. The molecule has 130 valence electrons. The van der Waals surface area contributed by atoms with Crippen LogP contribution in [0.4, 0.5) is 0 Å². The average molecular weight is 328 g/mol. The van der Waals surface area contributed by atoms with Crippen molar-refractivity contribution < 1.29 is 9.47 Å². The summed E-state index contributed by atoms with van der Waals surface area (Å²) < 4.78 is 10.7. The Morgan fingerprint density at radius 2 is 2.08 bits per heavy atom. The Hall–Kier alpha value is -1.65. The first kappa shape index (κ1) is 17.2. The molecule has 0 N–H and O–H groups in total. The number of nitrogens with zero attached hydrogens (tertiary/aromatic N) is 2. The molecule has 1 atom stereocenters. The monoisotopic (exact) mass is 328 g/mol. The highest BCUT2D eigenvalue weighted by atomic mass is 16.5. The predicted molar refractivity (Wildman–Crippen MR) is 97.5 cm³/mol. The molecule has 3 rings (SSSR count). The molecule has 2 aromatic rings. The minimum absolute atomic E-state index is 0.657. The van der Waals surface area contributed by atoms with E-state index in [9.17, 15) is 0 Å². The van der Waals surface area contributed by atoms with Crippen LogP contribution in [0.3, 0.4) is 0 Å². The highest BCUT2D eigenvalue weighted by Gasteiger charge is 2.22. The van der Waals surface area contributed by atoms with E-state index in [1.165, 1.54) is 32.2 Å². The summed E-state index contributed by atoms with van der Waals surface area (Å²) in [5.41, 5.74) is 2.09. The minimum atomic E-state index is 0.657. The maximum atomic E-state index is 5.47. The highest BCUT2D eigenvalue weighted by Crippen LogP contribution is 2.26. The van der Waals surface area contributed by atoms with Crippen molar-refractivity contribution >= 4 is 10.9 Å². The van der Waals surface area contributed by atoms with Gasteiger partial charge in [0.05, 0.1) is 12.8 Å². The molecule has 0 radical (unpaired) electrons. The molecule has 0 aliphatic carbocycles. The van der Waals surface area contributed by atoms with Crippen LogP contribution < -0.4 is 4.74 Å². The number of pyridine rings is 1. The summed E-state index contributed by atoms with van der Waals surface area (Å²) in [6.45, 7) is 2.95. The Labute approximate surface area is 144 Å². The average Bonchev–Trinajstić information content (AvgIpc) is 2.63. The fourth-order valence-electron chi connectivity index (χ4n) is 3.68. The Morgan fingerprint density at radius 1 is 1.17 bits per heavy atom. The molecule has 0 saturated carbocycles. The lowest BCUT2D eigenvalue weighted by Gasteiger charge is -2.35. The first-order valence-corrected chi connectivity index (χ1v) is 8.97.